The van der Waals surface area contributed by atoms with Crippen molar-refractivity contribution in [2.24, 2.45) is 4.99 Å². The Labute approximate surface area is 149 Å². The van der Waals surface area contributed by atoms with Crippen LogP contribution in [0.4, 0.5) is 0 Å². The lowest BCUT2D eigenvalue weighted by atomic mass is 9.96. The minimum Gasteiger partial charge on any atom is -0.341 e. The molecule has 1 fully saturated rings. The maximum Gasteiger partial charge on any atom is 0.160 e. The van der Waals surface area contributed by atoms with Crippen LogP contribution in [0.3, 0.4) is 0 Å². The van der Waals surface area contributed by atoms with E-state index < -0.39 is 0 Å². The highest BCUT2D eigenvalue weighted by atomic mass is 35.5. The molecule has 3 atom stereocenters. The molecule has 6 heteroatoms. The van der Waals surface area contributed by atoms with Gasteiger partial charge in [-0.15, -0.1) is 0 Å². The van der Waals surface area contributed by atoms with Gasteiger partial charge in [0.1, 0.15) is 6.04 Å². The Kier molecular flexibility index (Phi) is 4.00. The lowest BCUT2D eigenvalue weighted by Gasteiger charge is -2.28. The highest BCUT2D eigenvalue weighted by Gasteiger charge is 2.44. The average molecular weight is 364 g/mol. The fraction of sp³-hybridized carbons (Fsp3) is 0.294. The summed E-state index contributed by atoms with van der Waals surface area (Å²) < 4.78 is 0. The number of rotatable bonds is 2. The van der Waals surface area contributed by atoms with Gasteiger partial charge in [0.05, 0.1) is 11.7 Å². The van der Waals surface area contributed by atoms with Gasteiger partial charge in [0.2, 0.25) is 0 Å². The topological polar surface area (TPSA) is 28.5 Å². The number of nitrogens with zero attached hydrogens (tertiary/aromatic N) is 3. The Morgan fingerprint density at radius 3 is 2.83 bits per heavy atom. The molecule has 2 aromatic rings. The molecule has 1 saturated heterocycles. The maximum absolute atomic E-state index is 6.50. The number of aliphatic imine (C=N–C) groups is 1. The van der Waals surface area contributed by atoms with Crippen LogP contribution in [-0.2, 0) is 0 Å². The van der Waals surface area contributed by atoms with Crippen molar-refractivity contribution in [2.45, 2.75) is 24.3 Å². The van der Waals surface area contributed by atoms with Crippen LogP contribution in [0.2, 0.25) is 10.0 Å². The lowest BCUT2D eigenvalue weighted by molar-refractivity contribution is 0.321. The van der Waals surface area contributed by atoms with E-state index in [1.807, 2.05) is 48.3 Å². The number of thioether (sulfide) groups is 1. The normalized spacial score (nSPS) is 26.3. The second-order valence-electron chi connectivity index (χ2n) is 5.80. The largest absolute Gasteiger partial charge is 0.341 e. The minimum atomic E-state index is -0.0372. The summed E-state index contributed by atoms with van der Waals surface area (Å²) in [5.41, 5.74) is 2.03. The smallest absolute Gasteiger partial charge is 0.160 e. The van der Waals surface area contributed by atoms with Crippen LogP contribution in [0.5, 0.6) is 0 Å². The fourth-order valence-electron chi connectivity index (χ4n) is 3.20. The highest BCUT2D eigenvalue weighted by Crippen LogP contribution is 2.49. The second kappa shape index (κ2) is 6.00. The molecule has 23 heavy (non-hydrogen) atoms. The lowest BCUT2D eigenvalue weighted by Crippen LogP contribution is -2.28. The van der Waals surface area contributed by atoms with E-state index in [0.29, 0.717) is 15.3 Å². The highest BCUT2D eigenvalue weighted by molar-refractivity contribution is 8.14. The average Bonchev–Trinajstić information content (AvgIpc) is 3.05. The molecule has 118 valence electrons. The first-order valence-corrected chi connectivity index (χ1v) is 9.14. The summed E-state index contributed by atoms with van der Waals surface area (Å²) in [6.45, 7) is 3.19. The SMILES string of the molecule is C[C@@H]1CN2C(=N[C@@H](c3ccccn3)[C@@H]2c2ccc(Cl)cc2Cl)S1. The molecular formula is C17H15Cl2N3S. The van der Waals surface area contributed by atoms with Crippen LogP contribution in [0, 0.1) is 0 Å². The van der Waals surface area contributed by atoms with E-state index in [-0.39, 0.29) is 12.1 Å². The van der Waals surface area contributed by atoms with Crippen molar-refractivity contribution in [3.8, 4) is 0 Å². The molecular weight excluding hydrogens is 349 g/mol. The van der Waals surface area contributed by atoms with Crippen LogP contribution in [0.15, 0.2) is 47.6 Å². The summed E-state index contributed by atoms with van der Waals surface area (Å²) >= 11 is 14.4. The van der Waals surface area contributed by atoms with Crippen molar-refractivity contribution >= 4 is 40.1 Å². The zero-order chi connectivity index (χ0) is 16.0. The third kappa shape index (κ3) is 2.73. The van der Waals surface area contributed by atoms with Crippen molar-refractivity contribution in [2.75, 3.05) is 6.54 Å². The fourth-order valence-corrected chi connectivity index (χ4v) is 4.81. The zero-order valence-electron chi connectivity index (χ0n) is 12.5. The van der Waals surface area contributed by atoms with Crippen LogP contribution in [-0.4, -0.2) is 26.8 Å². The van der Waals surface area contributed by atoms with E-state index in [1.165, 1.54) is 0 Å². The molecule has 1 aromatic carbocycles. The zero-order valence-corrected chi connectivity index (χ0v) is 14.8. The Hall–Kier alpha value is -1.23. The number of halogens is 2. The van der Waals surface area contributed by atoms with Gasteiger partial charge in [0.25, 0.3) is 0 Å². The number of amidine groups is 1. The molecule has 3 nitrogen and oxygen atoms in total. The molecule has 3 heterocycles. The van der Waals surface area contributed by atoms with Gasteiger partial charge in [0.15, 0.2) is 5.17 Å². The van der Waals surface area contributed by atoms with E-state index in [1.54, 1.807) is 6.07 Å². The summed E-state index contributed by atoms with van der Waals surface area (Å²) in [4.78, 5) is 11.8. The van der Waals surface area contributed by atoms with Gasteiger partial charge in [-0.2, -0.15) is 0 Å². The van der Waals surface area contributed by atoms with Crippen molar-refractivity contribution in [3.63, 3.8) is 0 Å². The summed E-state index contributed by atoms with van der Waals surface area (Å²) in [6, 6.07) is 11.7. The molecule has 0 radical (unpaired) electrons. The Bertz CT molecular complexity index is 766. The second-order valence-corrected chi connectivity index (χ2v) is 8.05. The molecule has 0 aliphatic carbocycles. The molecule has 0 spiro atoms. The van der Waals surface area contributed by atoms with Crippen molar-refractivity contribution in [3.05, 3.63) is 63.9 Å². The monoisotopic (exact) mass is 363 g/mol. The number of aromatic nitrogens is 1. The van der Waals surface area contributed by atoms with E-state index in [4.69, 9.17) is 28.2 Å². The number of hydrogen-bond acceptors (Lipinski definition) is 4. The van der Waals surface area contributed by atoms with Gasteiger partial charge >= 0.3 is 0 Å². The molecule has 0 saturated carbocycles. The third-order valence-electron chi connectivity index (χ3n) is 4.16. The van der Waals surface area contributed by atoms with Gasteiger partial charge in [0, 0.05) is 28.0 Å². The summed E-state index contributed by atoms with van der Waals surface area (Å²) in [5.74, 6) is 0. The number of pyridine rings is 1. The quantitative estimate of drug-likeness (QED) is 0.753. The van der Waals surface area contributed by atoms with E-state index >= 15 is 0 Å². The molecule has 4 rings (SSSR count). The van der Waals surface area contributed by atoms with Gasteiger partial charge in [-0.25, -0.2) is 0 Å². The Morgan fingerprint density at radius 1 is 1.22 bits per heavy atom. The number of hydrogen-bond donors (Lipinski definition) is 0. The van der Waals surface area contributed by atoms with Gasteiger partial charge in [-0.3, -0.25) is 9.98 Å². The minimum absolute atomic E-state index is 0.0372. The predicted molar refractivity (Wildman–Crippen MR) is 97.4 cm³/mol. The Balaban J connectivity index is 1.80. The number of benzene rings is 1. The summed E-state index contributed by atoms with van der Waals surface area (Å²) in [7, 11) is 0. The van der Waals surface area contributed by atoms with Crippen molar-refractivity contribution in [1.29, 1.82) is 0 Å². The van der Waals surface area contributed by atoms with Crippen LogP contribution in [0.25, 0.3) is 0 Å². The molecule has 2 aliphatic heterocycles. The standard InChI is InChI=1S/C17H15Cl2N3S/c1-10-9-22-16(12-6-5-11(18)8-13(12)19)15(21-17(22)23-10)14-4-2-3-7-20-14/h2-8,10,15-16H,9H2,1H3/t10-,15+,16+/m1/s1. The third-order valence-corrected chi connectivity index (χ3v) is 5.83. The molecule has 0 unspecified atom stereocenters. The first-order chi connectivity index (χ1) is 11.1. The number of fused-ring (bicyclic) bond motifs is 1. The molecule has 0 amide bonds. The predicted octanol–water partition coefficient (Wildman–Crippen LogP) is 4.98. The van der Waals surface area contributed by atoms with Crippen LogP contribution >= 0.6 is 35.0 Å². The van der Waals surface area contributed by atoms with Gasteiger partial charge < -0.3 is 4.90 Å². The van der Waals surface area contributed by atoms with E-state index in [9.17, 15) is 0 Å². The van der Waals surface area contributed by atoms with Crippen LogP contribution in [0.1, 0.15) is 30.3 Å². The first kappa shape index (κ1) is 15.3. The Morgan fingerprint density at radius 2 is 2.09 bits per heavy atom. The molecule has 1 aromatic heterocycles. The summed E-state index contributed by atoms with van der Waals surface area (Å²) in [5, 5.41) is 2.96. The van der Waals surface area contributed by atoms with Gasteiger partial charge in [-0.1, -0.05) is 54.0 Å². The van der Waals surface area contributed by atoms with E-state index in [2.05, 4.69) is 16.8 Å². The first-order valence-electron chi connectivity index (χ1n) is 7.50. The van der Waals surface area contributed by atoms with Crippen LogP contribution < -0.4 is 0 Å². The maximum atomic E-state index is 6.50. The van der Waals surface area contributed by atoms with E-state index in [0.717, 1.165) is 23.0 Å². The molecule has 0 bridgehead atoms. The van der Waals surface area contributed by atoms with Crippen molar-refractivity contribution in [1.82, 2.24) is 9.88 Å². The molecule has 0 N–H and O–H groups in total. The van der Waals surface area contributed by atoms with Crippen molar-refractivity contribution < 1.29 is 0 Å². The summed E-state index contributed by atoms with van der Waals surface area (Å²) in [6.07, 6.45) is 1.81. The van der Waals surface area contributed by atoms with Gasteiger partial charge in [-0.05, 0) is 29.8 Å². The molecule has 2 aliphatic rings.